The van der Waals surface area contributed by atoms with Crippen molar-refractivity contribution in [3.63, 3.8) is 0 Å². The van der Waals surface area contributed by atoms with Crippen LogP contribution in [0.15, 0.2) is 0 Å². The molecule has 1 aliphatic rings. The van der Waals surface area contributed by atoms with Gasteiger partial charge in [0, 0.05) is 23.1 Å². The minimum Gasteiger partial charge on any atom is -0.313 e. The molecule has 0 aromatic heterocycles. The third-order valence-electron chi connectivity index (χ3n) is 3.42. The van der Waals surface area contributed by atoms with E-state index in [-0.39, 0.29) is 0 Å². The highest BCUT2D eigenvalue weighted by Gasteiger charge is 2.36. The summed E-state index contributed by atoms with van der Waals surface area (Å²) < 4.78 is 11.7. The predicted octanol–water partition coefficient (Wildman–Crippen LogP) is 2.31. The van der Waals surface area contributed by atoms with Crippen molar-refractivity contribution in [1.82, 2.24) is 5.32 Å². The maximum atomic E-state index is 11.7. The molecule has 1 rings (SSSR count). The Morgan fingerprint density at radius 1 is 1.47 bits per heavy atom. The topological polar surface area (TPSA) is 29.1 Å². The van der Waals surface area contributed by atoms with Crippen molar-refractivity contribution in [2.75, 3.05) is 12.8 Å². The summed E-state index contributed by atoms with van der Waals surface area (Å²) in [5, 5.41) is 3.89. The minimum absolute atomic E-state index is 0.347. The molecule has 3 atom stereocenters. The summed E-state index contributed by atoms with van der Waals surface area (Å²) in [6.45, 7) is 7.82. The first kappa shape index (κ1) is 13.2. The molecule has 15 heavy (non-hydrogen) atoms. The SMILES string of the molecule is CCCNC1CCC(C)(C)CC1S(C)=O. The normalized spacial score (nSPS) is 32.5. The number of nitrogens with one attached hydrogen (secondary N) is 1. The summed E-state index contributed by atoms with van der Waals surface area (Å²) >= 11 is 0. The van der Waals surface area contributed by atoms with Gasteiger partial charge in [0.05, 0.1) is 5.25 Å². The molecule has 90 valence electrons. The highest BCUT2D eigenvalue weighted by atomic mass is 32.2. The van der Waals surface area contributed by atoms with E-state index in [0.717, 1.165) is 19.4 Å². The van der Waals surface area contributed by atoms with Crippen molar-refractivity contribution in [3.8, 4) is 0 Å². The van der Waals surface area contributed by atoms with Gasteiger partial charge in [-0.3, -0.25) is 4.21 Å². The van der Waals surface area contributed by atoms with Crippen LogP contribution in [0.2, 0.25) is 0 Å². The third-order valence-corrected chi connectivity index (χ3v) is 4.77. The van der Waals surface area contributed by atoms with E-state index in [2.05, 4.69) is 26.1 Å². The molecule has 0 bridgehead atoms. The average molecular weight is 231 g/mol. The van der Waals surface area contributed by atoms with Gasteiger partial charge in [-0.05, 0) is 37.6 Å². The van der Waals surface area contributed by atoms with Gasteiger partial charge in [0.2, 0.25) is 0 Å². The van der Waals surface area contributed by atoms with E-state index in [4.69, 9.17) is 0 Å². The molecule has 0 aromatic carbocycles. The maximum Gasteiger partial charge on any atom is 0.0503 e. The van der Waals surface area contributed by atoms with Crippen molar-refractivity contribution in [3.05, 3.63) is 0 Å². The van der Waals surface area contributed by atoms with Crippen LogP contribution in [-0.4, -0.2) is 28.3 Å². The van der Waals surface area contributed by atoms with E-state index in [1.54, 1.807) is 0 Å². The molecule has 0 heterocycles. The van der Waals surface area contributed by atoms with E-state index in [0.29, 0.717) is 16.7 Å². The summed E-state index contributed by atoms with van der Waals surface area (Å²) in [4.78, 5) is 0. The molecule has 0 radical (unpaired) electrons. The van der Waals surface area contributed by atoms with Crippen molar-refractivity contribution in [1.29, 1.82) is 0 Å². The number of rotatable bonds is 4. The zero-order valence-corrected chi connectivity index (χ0v) is 11.3. The molecule has 0 aliphatic heterocycles. The van der Waals surface area contributed by atoms with Gasteiger partial charge in [-0.15, -0.1) is 0 Å². The van der Waals surface area contributed by atoms with E-state index in [1.807, 2.05) is 6.26 Å². The van der Waals surface area contributed by atoms with Crippen molar-refractivity contribution in [2.24, 2.45) is 5.41 Å². The van der Waals surface area contributed by atoms with Gasteiger partial charge in [-0.25, -0.2) is 0 Å². The summed E-state index contributed by atoms with van der Waals surface area (Å²) in [6.07, 6.45) is 6.53. The minimum atomic E-state index is -0.695. The molecule has 0 saturated heterocycles. The lowest BCUT2D eigenvalue weighted by Crippen LogP contribution is -2.48. The molecule has 0 aromatic rings. The quantitative estimate of drug-likeness (QED) is 0.804. The maximum absolute atomic E-state index is 11.7. The van der Waals surface area contributed by atoms with Gasteiger partial charge in [0.15, 0.2) is 0 Å². The van der Waals surface area contributed by atoms with E-state index < -0.39 is 10.8 Å². The van der Waals surface area contributed by atoms with Crippen LogP contribution in [0, 0.1) is 5.41 Å². The van der Waals surface area contributed by atoms with Gasteiger partial charge in [-0.1, -0.05) is 20.8 Å². The van der Waals surface area contributed by atoms with Crippen LogP contribution in [-0.2, 0) is 10.8 Å². The number of hydrogen-bond acceptors (Lipinski definition) is 2. The molecule has 1 aliphatic carbocycles. The monoisotopic (exact) mass is 231 g/mol. The fraction of sp³-hybridized carbons (Fsp3) is 1.00. The second-order valence-corrected chi connectivity index (χ2v) is 7.11. The van der Waals surface area contributed by atoms with Gasteiger partial charge in [0.1, 0.15) is 0 Å². The lowest BCUT2D eigenvalue weighted by molar-refractivity contribution is 0.212. The molecular weight excluding hydrogens is 206 g/mol. The van der Waals surface area contributed by atoms with Gasteiger partial charge >= 0.3 is 0 Å². The van der Waals surface area contributed by atoms with Gasteiger partial charge in [-0.2, -0.15) is 0 Å². The van der Waals surface area contributed by atoms with Crippen LogP contribution in [0.4, 0.5) is 0 Å². The molecule has 1 N–H and O–H groups in total. The van der Waals surface area contributed by atoms with Crippen LogP contribution in [0.5, 0.6) is 0 Å². The molecular formula is C12H25NOS. The molecule has 1 fully saturated rings. The smallest absolute Gasteiger partial charge is 0.0503 e. The first-order valence-electron chi connectivity index (χ1n) is 6.02. The zero-order valence-electron chi connectivity index (χ0n) is 10.5. The second kappa shape index (κ2) is 5.44. The van der Waals surface area contributed by atoms with Crippen LogP contribution >= 0.6 is 0 Å². The predicted molar refractivity (Wildman–Crippen MR) is 67.6 cm³/mol. The molecule has 2 nitrogen and oxygen atoms in total. The Morgan fingerprint density at radius 3 is 2.67 bits per heavy atom. The van der Waals surface area contributed by atoms with Crippen molar-refractivity contribution in [2.45, 2.75) is 57.7 Å². The van der Waals surface area contributed by atoms with Crippen LogP contribution in [0.3, 0.4) is 0 Å². The summed E-state index contributed by atoms with van der Waals surface area (Å²) in [5.41, 5.74) is 0.376. The standard InChI is InChI=1S/C12H25NOS/c1-5-8-13-10-6-7-12(2,3)9-11(10)15(4)14/h10-11,13H,5-9H2,1-4H3. The molecule has 1 saturated carbocycles. The Bertz CT molecular complexity index is 228. The molecule has 3 heteroatoms. The largest absolute Gasteiger partial charge is 0.313 e. The van der Waals surface area contributed by atoms with Crippen LogP contribution in [0.25, 0.3) is 0 Å². The van der Waals surface area contributed by atoms with E-state index in [9.17, 15) is 4.21 Å². The van der Waals surface area contributed by atoms with Crippen molar-refractivity contribution >= 4 is 10.8 Å². The fourth-order valence-electron chi connectivity index (χ4n) is 2.43. The van der Waals surface area contributed by atoms with E-state index in [1.165, 1.54) is 12.8 Å². The Morgan fingerprint density at radius 2 is 2.13 bits per heavy atom. The highest BCUT2D eigenvalue weighted by Crippen LogP contribution is 2.37. The fourth-order valence-corrected chi connectivity index (χ4v) is 3.81. The third kappa shape index (κ3) is 3.87. The number of hydrogen-bond donors (Lipinski definition) is 1. The van der Waals surface area contributed by atoms with Gasteiger partial charge < -0.3 is 5.32 Å². The first-order valence-corrected chi connectivity index (χ1v) is 7.64. The van der Waals surface area contributed by atoms with Gasteiger partial charge in [0.25, 0.3) is 0 Å². The summed E-state index contributed by atoms with van der Waals surface area (Å²) in [7, 11) is -0.695. The zero-order chi connectivity index (χ0) is 11.5. The Kier molecular flexibility index (Phi) is 4.78. The molecule has 0 spiro atoms. The lowest BCUT2D eigenvalue weighted by Gasteiger charge is -2.40. The molecule has 0 amide bonds. The second-order valence-electron chi connectivity index (χ2n) is 5.50. The summed E-state index contributed by atoms with van der Waals surface area (Å²) in [6, 6.07) is 0.476. The Labute approximate surface area is 96.7 Å². The van der Waals surface area contributed by atoms with E-state index >= 15 is 0 Å². The van der Waals surface area contributed by atoms with Crippen molar-refractivity contribution < 1.29 is 4.21 Å². The highest BCUT2D eigenvalue weighted by molar-refractivity contribution is 7.85. The summed E-state index contributed by atoms with van der Waals surface area (Å²) in [5.74, 6) is 0. The van der Waals surface area contributed by atoms with Crippen LogP contribution in [0.1, 0.15) is 46.5 Å². The van der Waals surface area contributed by atoms with Crippen LogP contribution < -0.4 is 5.32 Å². The lowest BCUT2D eigenvalue weighted by atomic mass is 9.75. The Balaban J connectivity index is 2.59. The Hall–Kier alpha value is 0.110. The average Bonchev–Trinajstić information content (AvgIpc) is 2.15. The molecule has 3 unspecified atom stereocenters. The first-order chi connectivity index (χ1) is 6.96.